The van der Waals surface area contributed by atoms with Crippen LogP contribution in [-0.4, -0.2) is 6.54 Å². The van der Waals surface area contributed by atoms with Gasteiger partial charge in [0.1, 0.15) is 0 Å². The van der Waals surface area contributed by atoms with E-state index in [-0.39, 0.29) is 0 Å². The van der Waals surface area contributed by atoms with Crippen LogP contribution in [0, 0.1) is 6.92 Å². The number of benzene rings is 1. The van der Waals surface area contributed by atoms with Crippen LogP contribution in [-0.2, 0) is 12.8 Å². The SMILES string of the molecule is CCc1ccc(C)c(C2CCCN2)c1CC. The molecule has 0 bridgehead atoms. The molecule has 0 aromatic heterocycles. The van der Waals surface area contributed by atoms with Crippen molar-refractivity contribution >= 4 is 0 Å². The minimum atomic E-state index is 0.612. The summed E-state index contributed by atoms with van der Waals surface area (Å²) >= 11 is 0. The summed E-state index contributed by atoms with van der Waals surface area (Å²) in [5, 5.41) is 3.64. The van der Waals surface area contributed by atoms with Gasteiger partial charge in [-0.2, -0.15) is 0 Å². The first-order valence-electron chi connectivity index (χ1n) is 6.62. The van der Waals surface area contributed by atoms with Gasteiger partial charge in [0.15, 0.2) is 0 Å². The summed E-state index contributed by atoms with van der Waals surface area (Å²) in [6.07, 6.45) is 4.95. The molecule has 1 aromatic carbocycles. The Morgan fingerprint density at radius 1 is 1.25 bits per heavy atom. The van der Waals surface area contributed by atoms with Gasteiger partial charge in [-0.25, -0.2) is 0 Å². The fourth-order valence-electron chi connectivity index (χ4n) is 2.99. The maximum Gasteiger partial charge on any atom is 0.0326 e. The lowest BCUT2D eigenvalue weighted by molar-refractivity contribution is 0.635. The van der Waals surface area contributed by atoms with E-state index in [0.29, 0.717) is 6.04 Å². The van der Waals surface area contributed by atoms with E-state index in [9.17, 15) is 0 Å². The molecule has 0 amide bonds. The summed E-state index contributed by atoms with van der Waals surface area (Å²) in [5.41, 5.74) is 6.20. The lowest BCUT2D eigenvalue weighted by Gasteiger charge is -2.21. The molecule has 1 saturated heterocycles. The lowest BCUT2D eigenvalue weighted by Crippen LogP contribution is -2.17. The van der Waals surface area contributed by atoms with Gasteiger partial charge >= 0.3 is 0 Å². The maximum absolute atomic E-state index is 3.64. The third kappa shape index (κ3) is 2.01. The summed E-state index contributed by atoms with van der Waals surface area (Å²) < 4.78 is 0. The average Bonchev–Trinajstić information content (AvgIpc) is 2.81. The Kier molecular flexibility index (Phi) is 3.65. The first kappa shape index (κ1) is 11.7. The first-order valence-corrected chi connectivity index (χ1v) is 6.62. The monoisotopic (exact) mass is 217 g/mol. The molecule has 1 aliphatic heterocycles. The molecule has 88 valence electrons. The Hall–Kier alpha value is -0.820. The minimum Gasteiger partial charge on any atom is -0.310 e. The molecule has 1 heterocycles. The van der Waals surface area contributed by atoms with Crippen LogP contribution in [0.1, 0.15) is 55.0 Å². The zero-order chi connectivity index (χ0) is 11.5. The normalized spacial score (nSPS) is 20.3. The zero-order valence-electron chi connectivity index (χ0n) is 10.8. The van der Waals surface area contributed by atoms with Gasteiger partial charge in [-0.3, -0.25) is 0 Å². The number of hydrogen-bond acceptors (Lipinski definition) is 1. The molecule has 1 heteroatoms. The summed E-state index contributed by atoms with van der Waals surface area (Å²) in [6, 6.07) is 5.22. The van der Waals surface area contributed by atoms with Crippen LogP contribution >= 0.6 is 0 Å². The Bertz CT molecular complexity index is 362. The molecular formula is C15H23N. The Labute approximate surface area is 99.3 Å². The Morgan fingerprint density at radius 3 is 2.62 bits per heavy atom. The molecular weight excluding hydrogens is 194 g/mol. The predicted molar refractivity (Wildman–Crippen MR) is 69.9 cm³/mol. The highest BCUT2D eigenvalue weighted by atomic mass is 14.9. The maximum atomic E-state index is 3.64. The average molecular weight is 217 g/mol. The minimum absolute atomic E-state index is 0.612. The number of rotatable bonds is 3. The molecule has 0 saturated carbocycles. The second-order valence-electron chi connectivity index (χ2n) is 4.79. The van der Waals surface area contributed by atoms with Crippen LogP contribution in [0.2, 0.25) is 0 Å². The van der Waals surface area contributed by atoms with E-state index in [2.05, 4.69) is 38.2 Å². The molecule has 1 fully saturated rings. The van der Waals surface area contributed by atoms with E-state index >= 15 is 0 Å². The molecule has 1 atom stereocenters. The van der Waals surface area contributed by atoms with E-state index in [1.165, 1.54) is 36.9 Å². The second-order valence-corrected chi connectivity index (χ2v) is 4.79. The van der Waals surface area contributed by atoms with Crippen molar-refractivity contribution in [3.8, 4) is 0 Å². The summed E-state index contributed by atoms with van der Waals surface area (Å²) in [4.78, 5) is 0. The lowest BCUT2D eigenvalue weighted by atomic mass is 9.88. The predicted octanol–water partition coefficient (Wildman–Crippen LogP) is 3.54. The van der Waals surface area contributed by atoms with Crippen molar-refractivity contribution in [1.82, 2.24) is 5.32 Å². The van der Waals surface area contributed by atoms with Gasteiger partial charge < -0.3 is 5.32 Å². The summed E-state index contributed by atoms with van der Waals surface area (Å²) in [7, 11) is 0. The van der Waals surface area contributed by atoms with E-state index in [0.717, 1.165) is 6.42 Å². The van der Waals surface area contributed by atoms with E-state index in [4.69, 9.17) is 0 Å². The zero-order valence-corrected chi connectivity index (χ0v) is 10.8. The van der Waals surface area contributed by atoms with E-state index < -0.39 is 0 Å². The van der Waals surface area contributed by atoms with E-state index in [1.54, 1.807) is 11.1 Å². The highest BCUT2D eigenvalue weighted by Crippen LogP contribution is 2.31. The van der Waals surface area contributed by atoms with Crippen LogP contribution in [0.4, 0.5) is 0 Å². The summed E-state index contributed by atoms with van der Waals surface area (Å²) in [5.74, 6) is 0. The molecule has 2 rings (SSSR count). The summed E-state index contributed by atoms with van der Waals surface area (Å²) in [6.45, 7) is 7.99. The van der Waals surface area contributed by atoms with Crippen LogP contribution in [0.15, 0.2) is 12.1 Å². The Balaban J connectivity index is 2.47. The van der Waals surface area contributed by atoms with Crippen molar-refractivity contribution in [3.05, 3.63) is 34.4 Å². The van der Waals surface area contributed by atoms with Gasteiger partial charge in [0.2, 0.25) is 0 Å². The molecule has 1 N–H and O–H groups in total. The van der Waals surface area contributed by atoms with Crippen molar-refractivity contribution in [2.24, 2.45) is 0 Å². The van der Waals surface area contributed by atoms with Crippen LogP contribution in [0.3, 0.4) is 0 Å². The molecule has 1 aromatic rings. The third-order valence-corrected chi connectivity index (χ3v) is 3.82. The molecule has 1 nitrogen and oxygen atoms in total. The van der Waals surface area contributed by atoms with Crippen LogP contribution < -0.4 is 5.32 Å². The molecule has 16 heavy (non-hydrogen) atoms. The first-order chi connectivity index (χ1) is 7.77. The fourth-order valence-corrected chi connectivity index (χ4v) is 2.99. The number of aryl methyl sites for hydroxylation is 2. The van der Waals surface area contributed by atoms with Crippen molar-refractivity contribution < 1.29 is 0 Å². The van der Waals surface area contributed by atoms with Crippen molar-refractivity contribution in [3.63, 3.8) is 0 Å². The standard InChI is InChI=1S/C15H23N/c1-4-12-9-8-11(3)15(13(12)5-2)14-7-6-10-16-14/h8-9,14,16H,4-7,10H2,1-3H3. The molecule has 0 spiro atoms. The van der Waals surface area contributed by atoms with Gasteiger partial charge in [-0.15, -0.1) is 0 Å². The number of hydrogen-bond donors (Lipinski definition) is 1. The number of nitrogens with one attached hydrogen (secondary N) is 1. The molecule has 0 aliphatic carbocycles. The van der Waals surface area contributed by atoms with Crippen molar-refractivity contribution in [1.29, 1.82) is 0 Å². The quantitative estimate of drug-likeness (QED) is 0.816. The highest BCUT2D eigenvalue weighted by Gasteiger charge is 2.21. The topological polar surface area (TPSA) is 12.0 Å². The third-order valence-electron chi connectivity index (χ3n) is 3.82. The van der Waals surface area contributed by atoms with Crippen molar-refractivity contribution in [2.75, 3.05) is 6.54 Å². The molecule has 1 unspecified atom stereocenters. The smallest absolute Gasteiger partial charge is 0.0326 e. The van der Waals surface area contributed by atoms with Gasteiger partial charge in [-0.1, -0.05) is 26.0 Å². The largest absolute Gasteiger partial charge is 0.310 e. The van der Waals surface area contributed by atoms with E-state index in [1.807, 2.05) is 0 Å². The fraction of sp³-hybridized carbons (Fsp3) is 0.600. The van der Waals surface area contributed by atoms with Crippen molar-refractivity contribution in [2.45, 2.75) is 52.5 Å². The molecule has 1 aliphatic rings. The van der Waals surface area contributed by atoms with Gasteiger partial charge in [0.25, 0.3) is 0 Å². The van der Waals surface area contributed by atoms with Gasteiger partial charge in [0, 0.05) is 6.04 Å². The highest BCUT2D eigenvalue weighted by molar-refractivity contribution is 5.43. The van der Waals surface area contributed by atoms with Crippen LogP contribution in [0.25, 0.3) is 0 Å². The van der Waals surface area contributed by atoms with Gasteiger partial charge in [0.05, 0.1) is 0 Å². The van der Waals surface area contributed by atoms with Crippen LogP contribution in [0.5, 0.6) is 0 Å². The second kappa shape index (κ2) is 5.01. The Morgan fingerprint density at radius 2 is 2.06 bits per heavy atom. The molecule has 0 radical (unpaired) electrons. The van der Waals surface area contributed by atoms with Gasteiger partial charge in [-0.05, 0) is 61.4 Å².